The fourth-order valence-corrected chi connectivity index (χ4v) is 1.64. The standard InChI is InChI=1S/C9H9F3S/c1-6-3-4-8(7(2)5-6)13-9(10,11)12/h3-5H,1-2H3. The first-order valence-corrected chi connectivity index (χ1v) is 4.53. The van der Waals surface area contributed by atoms with Gasteiger partial charge >= 0.3 is 5.51 Å². The summed E-state index contributed by atoms with van der Waals surface area (Å²) in [5.41, 5.74) is -2.55. The monoisotopic (exact) mass is 206 g/mol. The molecule has 0 unspecified atom stereocenters. The molecule has 4 heteroatoms. The minimum Gasteiger partial charge on any atom is -0.160 e. The molecule has 0 heterocycles. The average Bonchev–Trinajstić information content (AvgIpc) is 1.93. The zero-order valence-corrected chi connectivity index (χ0v) is 8.09. The van der Waals surface area contributed by atoms with Crippen LogP contribution in [0.4, 0.5) is 13.2 Å². The second-order valence-corrected chi connectivity index (χ2v) is 3.92. The molecule has 1 rings (SSSR count). The predicted octanol–water partition coefficient (Wildman–Crippen LogP) is 3.92. The molecule has 1 aromatic carbocycles. The molecule has 0 atom stereocenters. The van der Waals surface area contributed by atoms with Gasteiger partial charge in [0.25, 0.3) is 0 Å². The molecule has 0 nitrogen and oxygen atoms in total. The Bertz CT molecular complexity index is 304. The highest BCUT2D eigenvalue weighted by Gasteiger charge is 2.29. The molecule has 0 spiro atoms. The van der Waals surface area contributed by atoms with Gasteiger partial charge in [0.15, 0.2) is 0 Å². The van der Waals surface area contributed by atoms with Crippen LogP contribution in [0, 0.1) is 13.8 Å². The zero-order valence-electron chi connectivity index (χ0n) is 7.27. The molecule has 0 aliphatic heterocycles. The maximum absolute atomic E-state index is 12.0. The van der Waals surface area contributed by atoms with Crippen molar-refractivity contribution in [2.24, 2.45) is 0 Å². The van der Waals surface area contributed by atoms with E-state index in [1.807, 2.05) is 6.92 Å². The summed E-state index contributed by atoms with van der Waals surface area (Å²) in [4.78, 5) is 0.276. The average molecular weight is 206 g/mol. The van der Waals surface area contributed by atoms with Crippen molar-refractivity contribution in [1.29, 1.82) is 0 Å². The highest BCUT2D eigenvalue weighted by Crippen LogP contribution is 2.38. The summed E-state index contributed by atoms with van der Waals surface area (Å²) in [7, 11) is 0. The minimum atomic E-state index is -4.19. The van der Waals surface area contributed by atoms with Gasteiger partial charge in [0.2, 0.25) is 0 Å². The lowest BCUT2D eigenvalue weighted by Crippen LogP contribution is -2.00. The van der Waals surface area contributed by atoms with Crippen LogP contribution in [0.2, 0.25) is 0 Å². The summed E-state index contributed by atoms with van der Waals surface area (Å²) < 4.78 is 36.0. The maximum atomic E-state index is 12.0. The summed E-state index contributed by atoms with van der Waals surface area (Å²) in [5, 5.41) is 0. The molecule has 0 saturated heterocycles. The van der Waals surface area contributed by atoms with E-state index < -0.39 is 5.51 Å². The first kappa shape index (κ1) is 10.4. The van der Waals surface area contributed by atoms with Gasteiger partial charge in [0.1, 0.15) is 0 Å². The van der Waals surface area contributed by atoms with Gasteiger partial charge in [0.05, 0.1) is 0 Å². The summed E-state index contributed by atoms with van der Waals surface area (Å²) in [5.74, 6) is 0. The number of hydrogen-bond donors (Lipinski definition) is 0. The summed E-state index contributed by atoms with van der Waals surface area (Å²) >= 11 is -0.0639. The summed E-state index contributed by atoms with van der Waals surface area (Å²) in [6.45, 7) is 3.54. The van der Waals surface area contributed by atoms with Gasteiger partial charge in [-0.2, -0.15) is 13.2 Å². The number of thioether (sulfide) groups is 1. The smallest absolute Gasteiger partial charge is 0.160 e. The molecule has 0 radical (unpaired) electrons. The van der Waals surface area contributed by atoms with Gasteiger partial charge in [-0.15, -0.1) is 0 Å². The Kier molecular flexibility index (Phi) is 2.91. The van der Waals surface area contributed by atoms with Gasteiger partial charge < -0.3 is 0 Å². The quantitative estimate of drug-likeness (QED) is 0.627. The second-order valence-electron chi connectivity index (χ2n) is 2.82. The van der Waals surface area contributed by atoms with Crippen LogP contribution in [-0.4, -0.2) is 5.51 Å². The Hall–Kier alpha value is -0.640. The van der Waals surface area contributed by atoms with Crippen molar-refractivity contribution in [3.63, 3.8) is 0 Å². The molecule has 0 bridgehead atoms. The SMILES string of the molecule is Cc1ccc(SC(F)(F)F)c(C)c1. The Morgan fingerprint density at radius 2 is 1.77 bits per heavy atom. The molecule has 0 aromatic heterocycles. The number of rotatable bonds is 1. The van der Waals surface area contributed by atoms with Crippen LogP contribution < -0.4 is 0 Å². The lowest BCUT2D eigenvalue weighted by atomic mass is 10.2. The lowest BCUT2D eigenvalue weighted by molar-refractivity contribution is -0.0328. The van der Waals surface area contributed by atoms with E-state index >= 15 is 0 Å². The largest absolute Gasteiger partial charge is 0.446 e. The fraction of sp³-hybridized carbons (Fsp3) is 0.333. The van der Waals surface area contributed by atoms with Crippen molar-refractivity contribution in [1.82, 2.24) is 0 Å². The third kappa shape index (κ3) is 3.30. The summed E-state index contributed by atoms with van der Waals surface area (Å²) in [6, 6.07) is 4.93. The van der Waals surface area contributed by atoms with E-state index in [9.17, 15) is 13.2 Å². The highest BCUT2D eigenvalue weighted by atomic mass is 32.2. The zero-order chi connectivity index (χ0) is 10.1. The van der Waals surface area contributed by atoms with Gasteiger partial charge in [-0.3, -0.25) is 0 Å². The topological polar surface area (TPSA) is 0 Å². The van der Waals surface area contributed by atoms with Crippen LogP contribution in [0.5, 0.6) is 0 Å². The molecule has 72 valence electrons. The van der Waals surface area contributed by atoms with Crippen LogP contribution in [0.1, 0.15) is 11.1 Å². The van der Waals surface area contributed by atoms with Gasteiger partial charge in [0, 0.05) is 4.90 Å². The predicted molar refractivity (Wildman–Crippen MR) is 47.8 cm³/mol. The molecule has 0 N–H and O–H groups in total. The van der Waals surface area contributed by atoms with E-state index in [1.54, 1.807) is 19.1 Å². The minimum absolute atomic E-state index is 0.0639. The second kappa shape index (κ2) is 3.62. The van der Waals surface area contributed by atoms with Crippen LogP contribution in [0.25, 0.3) is 0 Å². The number of alkyl halides is 3. The maximum Gasteiger partial charge on any atom is 0.446 e. The van der Waals surface area contributed by atoms with Gasteiger partial charge in [-0.05, 0) is 37.2 Å². The van der Waals surface area contributed by atoms with Crippen molar-refractivity contribution < 1.29 is 13.2 Å². The molecule has 13 heavy (non-hydrogen) atoms. The van der Waals surface area contributed by atoms with E-state index in [0.717, 1.165) is 5.56 Å². The van der Waals surface area contributed by atoms with E-state index in [1.165, 1.54) is 6.07 Å². The highest BCUT2D eigenvalue weighted by molar-refractivity contribution is 8.00. The molecular weight excluding hydrogens is 197 g/mol. The Morgan fingerprint density at radius 3 is 2.23 bits per heavy atom. The summed E-state index contributed by atoms with van der Waals surface area (Å²) in [6.07, 6.45) is 0. The molecule has 0 aliphatic rings. The van der Waals surface area contributed by atoms with Gasteiger partial charge in [-0.1, -0.05) is 17.7 Å². The number of aryl methyl sites for hydroxylation is 2. The Labute approximate surface area is 79.1 Å². The van der Waals surface area contributed by atoms with Crippen LogP contribution in [0.3, 0.4) is 0 Å². The Balaban J connectivity index is 2.90. The fourth-order valence-electron chi connectivity index (χ4n) is 1.04. The first-order chi connectivity index (χ1) is 5.88. The van der Waals surface area contributed by atoms with Crippen molar-refractivity contribution in [2.45, 2.75) is 24.3 Å². The van der Waals surface area contributed by atoms with E-state index in [-0.39, 0.29) is 16.7 Å². The number of hydrogen-bond acceptors (Lipinski definition) is 1. The van der Waals surface area contributed by atoms with Crippen molar-refractivity contribution in [3.8, 4) is 0 Å². The van der Waals surface area contributed by atoms with E-state index in [2.05, 4.69) is 0 Å². The third-order valence-electron chi connectivity index (χ3n) is 1.56. The van der Waals surface area contributed by atoms with E-state index in [0.29, 0.717) is 5.56 Å². The molecular formula is C9H9F3S. The van der Waals surface area contributed by atoms with Crippen LogP contribution in [-0.2, 0) is 0 Å². The van der Waals surface area contributed by atoms with Crippen LogP contribution in [0.15, 0.2) is 23.1 Å². The lowest BCUT2D eigenvalue weighted by Gasteiger charge is -2.08. The van der Waals surface area contributed by atoms with Crippen LogP contribution >= 0.6 is 11.8 Å². The number of benzene rings is 1. The first-order valence-electron chi connectivity index (χ1n) is 3.71. The molecule has 0 aliphatic carbocycles. The third-order valence-corrected chi connectivity index (χ3v) is 2.47. The van der Waals surface area contributed by atoms with Gasteiger partial charge in [-0.25, -0.2) is 0 Å². The normalized spacial score (nSPS) is 11.8. The van der Waals surface area contributed by atoms with Crippen molar-refractivity contribution >= 4 is 11.8 Å². The van der Waals surface area contributed by atoms with Crippen molar-refractivity contribution in [2.75, 3.05) is 0 Å². The molecule has 0 saturated carbocycles. The van der Waals surface area contributed by atoms with Crippen molar-refractivity contribution in [3.05, 3.63) is 29.3 Å². The Morgan fingerprint density at radius 1 is 1.15 bits per heavy atom. The van der Waals surface area contributed by atoms with E-state index in [4.69, 9.17) is 0 Å². The number of halogens is 3. The molecule has 0 fully saturated rings. The molecule has 0 amide bonds. The molecule has 1 aromatic rings.